The highest BCUT2D eigenvalue weighted by molar-refractivity contribution is 5.72. The molecule has 0 aliphatic rings. The fourth-order valence-corrected chi connectivity index (χ4v) is 1.86. The van der Waals surface area contributed by atoms with E-state index in [1.165, 1.54) is 7.11 Å². The highest BCUT2D eigenvalue weighted by Crippen LogP contribution is 2.16. The van der Waals surface area contributed by atoms with Crippen molar-refractivity contribution in [1.82, 2.24) is 5.48 Å². The van der Waals surface area contributed by atoms with E-state index in [-0.39, 0.29) is 11.9 Å². The van der Waals surface area contributed by atoms with Crippen LogP contribution in [0.15, 0.2) is 36.5 Å². The molecule has 5 heteroatoms. The van der Waals surface area contributed by atoms with E-state index in [9.17, 15) is 4.79 Å². The molecule has 5 nitrogen and oxygen atoms in total. The van der Waals surface area contributed by atoms with E-state index >= 15 is 0 Å². The Hall–Kier alpha value is -2.01. The Balaban J connectivity index is 2.27. The van der Waals surface area contributed by atoms with Gasteiger partial charge in [0, 0.05) is 12.1 Å². The third-order valence-electron chi connectivity index (χ3n) is 2.97. The van der Waals surface area contributed by atoms with Gasteiger partial charge in [0.05, 0.1) is 26.2 Å². The van der Waals surface area contributed by atoms with Crippen molar-refractivity contribution in [3.8, 4) is 5.75 Å². The largest absolute Gasteiger partial charge is 0.494 e. The summed E-state index contributed by atoms with van der Waals surface area (Å²) in [5.74, 6) is 0.473. The highest BCUT2D eigenvalue weighted by Gasteiger charge is 2.13. The second-order valence-electron chi connectivity index (χ2n) is 5.21. The topological polar surface area (TPSA) is 56.8 Å². The molecule has 0 aromatic heterocycles. The molecule has 22 heavy (non-hydrogen) atoms. The number of hydroxylamine groups is 1. The summed E-state index contributed by atoms with van der Waals surface area (Å²) in [5, 5.41) is 0. The van der Waals surface area contributed by atoms with Crippen molar-refractivity contribution in [3.63, 3.8) is 0 Å². The van der Waals surface area contributed by atoms with Crippen molar-refractivity contribution in [1.29, 1.82) is 0 Å². The average Bonchev–Trinajstić information content (AvgIpc) is 2.51. The second kappa shape index (κ2) is 9.84. The van der Waals surface area contributed by atoms with Gasteiger partial charge >= 0.3 is 5.97 Å². The van der Waals surface area contributed by atoms with Crippen LogP contribution in [0.5, 0.6) is 5.75 Å². The zero-order valence-corrected chi connectivity index (χ0v) is 13.6. The summed E-state index contributed by atoms with van der Waals surface area (Å²) in [6, 6.07) is 7.75. The van der Waals surface area contributed by atoms with Crippen LogP contribution in [0, 0.1) is 5.92 Å². The van der Waals surface area contributed by atoms with E-state index < -0.39 is 0 Å². The summed E-state index contributed by atoms with van der Waals surface area (Å²) in [7, 11) is 1.41. The van der Waals surface area contributed by atoms with Crippen LogP contribution in [0.25, 0.3) is 0 Å². The summed E-state index contributed by atoms with van der Waals surface area (Å²) in [5.41, 5.74) is 4.55. The van der Waals surface area contributed by atoms with E-state index in [1.807, 2.05) is 38.1 Å². The van der Waals surface area contributed by atoms with Gasteiger partial charge in [-0.25, -0.2) is 0 Å². The number of ether oxygens (including phenoxy) is 2. The van der Waals surface area contributed by atoms with Gasteiger partial charge in [0.25, 0.3) is 0 Å². The van der Waals surface area contributed by atoms with Gasteiger partial charge < -0.3 is 9.47 Å². The van der Waals surface area contributed by atoms with Crippen molar-refractivity contribution in [2.75, 3.05) is 20.3 Å². The number of methoxy groups -OCH3 is 1. The summed E-state index contributed by atoms with van der Waals surface area (Å²) in [6.45, 7) is 8.49. The number of carbonyl (C=O) groups is 1. The van der Waals surface area contributed by atoms with Crippen molar-refractivity contribution < 1.29 is 19.1 Å². The molecule has 1 N–H and O–H groups in total. The number of esters is 1. The standard InChI is InChI=1S/C17H25NO4/c1-13(2)18-22-11-5-10-21-16-8-6-15(7-9-16)12-14(3)17(19)20-4/h6-9,14,18H,1,5,10-12H2,2-4H3. The van der Waals surface area contributed by atoms with Crippen molar-refractivity contribution in [2.45, 2.75) is 26.7 Å². The molecule has 0 amide bonds. The van der Waals surface area contributed by atoms with Gasteiger partial charge in [-0.05, 0) is 31.0 Å². The zero-order chi connectivity index (χ0) is 16.4. The summed E-state index contributed by atoms with van der Waals surface area (Å²) < 4.78 is 10.3. The van der Waals surface area contributed by atoms with E-state index in [4.69, 9.17) is 14.3 Å². The third kappa shape index (κ3) is 7.13. The first-order valence-electron chi connectivity index (χ1n) is 7.35. The van der Waals surface area contributed by atoms with E-state index in [1.54, 1.807) is 0 Å². The molecule has 0 fully saturated rings. The van der Waals surface area contributed by atoms with Crippen LogP contribution in [-0.4, -0.2) is 26.3 Å². The Morgan fingerprint density at radius 1 is 1.27 bits per heavy atom. The van der Waals surface area contributed by atoms with Crippen LogP contribution in [0.4, 0.5) is 0 Å². The van der Waals surface area contributed by atoms with E-state index in [0.717, 1.165) is 23.4 Å². The van der Waals surface area contributed by atoms with Gasteiger partial charge in [0.1, 0.15) is 5.75 Å². The number of benzene rings is 1. The van der Waals surface area contributed by atoms with Gasteiger partial charge in [-0.1, -0.05) is 25.6 Å². The summed E-state index contributed by atoms with van der Waals surface area (Å²) >= 11 is 0. The van der Waals surface area contributed by atoms with Crippen molar-refractivity contribution in [2.24, 2.45) is 5.92 Å². The minimum Gasteiger partial charge on any atom is -0.494 e. The van der Waals surface area contributed by atoms with Gasteiger partial charge in [-0.15, -0.1) is 0 Å². The lowest BCUT2D eigenvalue weighted by Gasteiger charge is -2.10. The van der Waals surface area contributed by atoms with Gasteiger partial charge in [0.15, 0.2) is 0 Å². The lowest BCUT2D eigenvalue weighted by atomic mass is 10.0. The molecule has 1 unspecified atom stereocenters. The fraction of sp³-hybridized carbons (Fsp3) is 0.471. The molecule has 0 spiro atoms. The third-order valence-corrected chi connectivity index (χ3v) is 2.97. The predicted octanol–water partition coefficient (Wildman–Crippen LogP) is 2.86. The molecular weight excluding hydrogens is 282 g/mol. The van der Waals surface area contributed by atoms with Gasteiger partial charge in [-0.2, -0.15) is 0 Å². The first-order valence-corrected chi connectivity index (χ1v) is 7.35. The van der Waals surface area contributed by atoms with Crippen LogP contribution in [-0.2, 0) is 20.8 Å². The number of hydrogen-bond donors (Lipinski definition) is 1. The first-order chi connectivity index (χ1) is 10.5. The normalized spacial score (nSPS) is 11.6. The number of allylic oxidation sites excluding steroid dienone is 1. The Morgan fingerprint density at radius 2 is 1.95 bits per heavy atom. The molecule has 0 radical (unpaired) electrons. The Bertz CT molecular complexity index is 470. The molecule has 1 atom stereocenters. The predicted molar refractivity (Wildman–Crippen MR) is 85.3 cm³/mol. The summed E-state index contributed by atoms with van der Waals surface area (Å²) in [6.07, 6.45) is 1.44. The molecule has 0 saturated carbocycles. The SMILES string of the molecule is C=C(C)NOCCCOc1ccc(CC(C)C(=O)OC)cc1. The molecular formula is C17H25NO4. The number of carbonyl (C=O) groups excluding carboxylic acids is 1. The minimum absolute atomic E-state index is 0.144. The quantitative estimate of drug-likeness (QED) is 0.409. The first kappa shape index (κ1) is 18.0. The molecule has 1 aromatic carbocycles. The maximum Gasteiger partial charge on any atom is 0.308 e. The van der Waals surface area contributed by atoms with Crippen LogP contribution in [0.1, 0.15) is 25.8 Å². The monoisotopic (exact) mass is 307 g/mol. The molecule has 1 rings (SSSR count). The molecule has 0 aliphatic carbocycles. The lowest BCUT2D eigenvalue weighted by molar-refractivity contribution is -0.144. The van der Waals surface area contributed by atoms with E-state index in [0.29, 0.717) is 19.6 Å². The molecule has 0 aliphatic heterocycles. The maximum atomic E-state index is 11.4. The number of nitrogens with one attached hydrogen (secondary N) is 1. The minimum atomic E-state index is -0.191. The van der Waals surface area contributed by atoms with Crippen LogP contribution in [0.3, 0.4) is 0 Å². The average molecular weight is 307 g/mol. The van der Waals surface area contributed by atoms with Crippen LogP contribution in [0.2, 0.25) is 0 Å². The summed E-state index contributed by atoms with van der Waals surface area (Å²) in [4.78, 5) is 16.5. The van der Waals surface area contributed by atoms with Crippen molar-refractivity contribution in [3.05, 3.63) is 42.1 Å². The second-order valence-corrected chi connectivity index (χ2v) is 5.21. The molecule has 122 valence electrons. The maximum absolute atomic E-state index is 11.4. The molecule has 1 aromatic rings. The smallest absolute Gasteiger partial charge is 0.308 e. The van der Waals surface area contributed by atoms with Crippen LogP contribution >= 0.6 is 0 Å². The fourth-order valence-electron chi connectivity index (χ4n) is 1.86. The van der Waals surface area contributed by atoms with Gasteiger partial charge in [0.2, 0.25) is 0 Å². The highest BCUT2D eigenvalue weighted by atomic mass is 16.6. The molecule has 0 heterocycles. The zero-order valence-electron chi connectivity index (χ0n) is 13.6. The molecule has 0 bridgehead atoms. The Kier molecular flexibility index (Phi) is 8.07. The van der Waals surface area contributed by atoms with Crippen LogP contribution < -0.4 is 10.2 Å². The van der Waals surface area contributed by atoms with Gasteiger partial charge in [-0.3, -0.25) is 15.1 Å². The lowest BCUT2D eigenvalue weighted by Crippen LogP contribution is -2.15. The number of hydrogen-bond acceptors (Lipinski definition) is 5. The molecule has 0 saturated heterocycles. The van der Waals surface area contributed by atoms with E-state index in [2.05, 4.69) is 12.1 Å². The van der Waals surface area contributed by atoms with Crippen molar-refractivity contribution >= 4 is 5.97 Å². The number of rotatable bonds is 10. The Labute approximate surface area is 132 Å². The Morgan fingerprint density at radius 3 is 2.55 bits per heavy atom.